The van der Waals surface area contributed by atoms with Gasteiger partial charge in [-0.25, -0.2) is 0 Å². The van der Waals surface area contributed by atoms with Gasteiger partial charge < -0.3 is 15.5 Å². The molecule has 0 spiro atoms. The highest BCUT2D eigenvalue weighted by molar-refractivity contribution is 5.78. The molecule has 0 aliphatic carbocycles. The van der Waals surface area contributed by atoms with E-state index in [9.17, 15) is 4.79 Å². The Hall–Kier alpha value is -0.610. The predicted molar refractivity (Wildman–Crippen MR) is 73.1 cm³/mol. The fraction of sp³-hybridized carbons (Fsp3) is 0.923. The number of rotatable bonds is 9. The maximum Gasteiger partial charge on any atom is 0.234 e. The van der Waals surface area contributed by atoms with E-state index in [1.165, 1.54) is 0 Å². The number of hydrogen-bond acceptors (Lipinski definition) is 3. The lowest BCUT2D eigenvalue weighted by molar-refractivity contribution is -0.121. The molecule has 0 heterocycles. The van der Waals surface area contributed by atoms with Crippen molar-refractivity contribution in [2.24, 2.45) is 0 Å². The molecule has 17 heavy (non-hydrogen) atoms. The molecule has 2 N–H and O–H groups in total. The first-order valence-electron chi connectivity index (χ1n) is 6.67. The van der Waals surface area contributed by atoms with Gasteiger partial charge in [-0.15, -0.1) is 0 Å². The van der Waals surface area contributed by atoms with Crippen LogP contribution < -0.4 is 10.6 Å². The molecule has 0 fully saturated rings. The molecule has 0 aliphatic heterocycles. The lowest BCUT2D eigenvalue weighted by atomic mass is 10.2. The first kappa shape index (κ1) is 16.4. The second kappa shape index (κ2) is 9.42. The van der Waals surface area contributed by atoms with E-state index in [-0.39, 0.29) is 5.91 Å². The van der Waals surface area contributed by atoms with Crippen molar-refractivity contribution in [1.29, 1.82) is 0 Å². The summed E-state index contributed by atoms with van der Waals surface area (Å²) in [6, 6.07) is 0.700. The topological polar surface area (TPSA) is 44.4 Å². The SMILES string of the molecule is CCC(CC)NC(=O)CNC(C)CCN(C)C. The Kier molecular flexibility index (Phi) is 9.09. The summed E-state index contributed by atoms with van der Waals surface area (Å²) in [5, 5.41) is 6.28. The summed E-state index contributed by atoms with van der Waals surface area (Å²) < 4.78 is 0. The molecular weight excluding hydrogens is 214 g/mol. The van der Waals surface area contributed by atoms with Crippen molar-refractivity contribution in [3.63, 3.8) is 0 Å². The first-order valence-corrected chi connectivity index (χ1v) is 6.67. The van der Waals surface area contributed by atoms with Crippen LogP contribution in [-0.2, 0) is 4.79 Å². The summed E-state index contributed by atoms with van der Waals surface area (Å²) in [6.45, 7) is 7.78. The van der Waals surface area contributed by atoms with Crippen LogP contribution in [0, 0.1) is 0 Å². The Balaban J connectivity index is 3.68. The third-order valence-electron chi connectivity index (χ3n) is 2.97. The Morgan fingerprint density at radius 1 is 1.24 bits per heavy atom. The average molecular weight is 243 g/mol. The molecule has 0 aromatic carbocycles. The van der Waals surface area contributed by atoms with E-state index >= 15 is 0 Å². The van der Waals surface area contributed by atoms with Gasteiger partial charge in [0.15, 0.2) is 0 Å². The van der Waals surface area contributed by atoms with Crippen LogP contribution in [0.5, 0.6) is 0 Å². The molecule has 1 unspecified atom stereocenters. The van der Waals surface area contributed by atoms with E-state index in [1.54, 1.807) is 0 Å². The zero-order valence-electron chi connectivity index (χ0n) is 12.0. The lowest BCUT2D eigenvalue weighted by Gasteiger charge is -2.18. The molecule has 0 saturated carbocycles. The second-order valence-corrected chi connectivity index (χ2v) is 4.95. The van der Waals surface area contributed by atoms with Gasteiger partial charge in [-0.1, -0.05) is 13.8 Å². The summed E-state index contributed by atoms with van der Waals surface area (Å²) in [6.07, 6.45) is 3.06. The van der Waals surface area contributed by atoms with Gasteiger partial charge in [-0.05, 0) is 46.8 Å². The molecule has 0 radical (unpaired) electrons. The molecule has 1 amide bonds. The van der Waals surface area contributed by atoms with Gasteiger partial charge in [-0.2, -0.15) is 0 Å². The predicted octanol–water partition coefficient (Wildman–Crippen LogP) is 1.22. The number of nitrogens with zero attached hydrogens (tertiary/aromatic N) is 1. The average Bonchev–Trinajstić information content (AvgIpc) is 2.30. The minimum Gasteiger partial charge on any atom is -0.352 e. The van der Waals surface area contributed by atoms with E-state index < -0.39 is 0 Å². The Morgan fingerprint density at radius 2 is 1.82 bits per heavy atom. The zero-order valence-corrected chi connectivity index (χ0v) is 12.0. The van der Waals surface area contributed by atoms with Gasteiger partial charge in [0, 0.05) is 12.1 Å². The van der Waals surface area contributed by atoms with Crippen molar-refractivity contribution in [1.82, 2.24) is 15.5 Å². The number of nitrogens with one attached hydrogen (secondary N) is 2. The Bertz CT molecular complexity index is 203. The molecule has 0 bridgehead atoms. The molecule has 0 rings (SSSR count). The summed E-state index contributed by atoms with van der Waals surface area (Å²) in [5.41, 5.74) is 0. The van der Waals surface area contributed by atoms with E-state index in [2.05, 4.69) is 50.4 Å². The van der Waals surface area contributed by atoms with E-state index in [0.29, 0.717) is 18.6 Å². The number of carbonyl (C=O) groups excluding carboxylic acids is 1. The van der Waals surface area contributed by atoms with Crippen molar-refractivity contribution >= 4 is 5.91 Å². The highest BCUT2D eigenvalue weighted by atomic mass is 16.1. The van der Waals surface area contributed by atoms with Crippen molar-refractivity contribution in [2.45, 2.75) is 52.1 Å². The molecule has 4 nitrogen and oxygen atoms in total. The zero-order chi connectivity index (χ0) is 13.3. The third kappa shape index (κ3) is 9.12. The van der Waals surface area contributed by atoms with Crippen LogP contribution in [0.25, 0.3) is 0 Å². The standard InChI is InChI=1S/C13H29N3O/c1-6-12(7-2)15-13(17)10-14-11(3)8-9-16(4)5/h11-12,14H,6-10H2,1-5H3,(H,15,17). The quantitative estimate of drug-likeness (QED) is 0.640. The van der Waals surface area contributed by atoms with Gasteiger partial charge in [0.1, 0.15) is 0 Å². The molecule has 102 valence electrons. The third-order valence-corrected chi connectivity index (χ3v) is 2.97. The van der Waals surface area contributed by atoms with E-state index in [0.717, 1.165) is 25.8 Å². The van der Waals surface area contributed by atoms with E-state index in [1.807, 2.05) is 0 Å². The summed E-state index contributed by atoms with van der Waals surface area (Å²) in [7, 11) is 4.12. The smallest absolute Gasteiger partial charge is 0.234 e. The number of carbonyl (C=O) groups is 1. The van der Waals surface area contributed by atoms with Gasteiger partial charge in [0.25, 0.3) is 0 Å². The normalized spacial score (nSPS) is 13.1. The summed E-state index contributed by atoms with van der Waals surface area (Å²) in [4.78, 5) is 13.8. The molecular formula is C13H29N3O. The van der Waals surface area contributed by atoms with Crippen LogP contribution in [0.4, 0.5) is 0 Å². The summed E-state index contributed by atoms with van der Waals surface area (Å²) in [5.74, 6) is 0.107. The van der Waals surface area contributed by atoms with Crippen LogP contribution >= 0.6 is 0 Å². The fourth-order valence-corrected chi connectivity index (χ4v) is 1.59. The maximum atomic E-state index is 11.6. The molecule has 0 aromatic heterocycles. The summed E-state index contributed by atoms with van der Waals surface area (Å²) >= 11 is 0. The minimum atomic E-state index is 0.107. The van der Waals surface area contributed by atoms with Crippen molar-refractivity contribution in [3.8, 4) is 0 Å². The van der Waals surface area contributed by atoms with Gasteiger partial charge in [0.2, 0.25) is 5.91 Å². The fourth-order valence-electron chi connectivity index (χ4n) is 1.59. The molecule has 0 aromatic rings. The van der Waals surface area contributed by atoms with Gasteiger partial charge in [0.05, 0.1) is 6.54 Å². The Labute approximate surface area is 106 Å². The lowest BCUT2D eigenvalue weighted by Crippen LogP contribution is -2.42. The van der Waals surface area contributed by atoms with Crippen molar-refractivity contribution < 1.29 is 4.79 Å². The Morgan fingerprint density at radius 3 is 2.29 bits per heavy atom. The van der Waals surface area contributed by atoms with Gasteiger partial charge in [-0.3, -0.25) is 4.79 Å². The van der Waals surface area contributed by atoms with E-state index in [4.69, 9.17) is 0 Å². The van der Waals surface area contributed by atoms with Crippen molar-refractivity contribution in [2.75, 3.05) is 27.2 Å². The van der Waals surface area contributed by atoms with Crippen LogP contribution in [0.1, 0.15) is 40.0 Å². The van der Waals surface area contributed by atoms with Crippen molar-refractivity contribution in [3.05, 3.63) is 0 Å². The highest BCUT2D eigenvalue weighted by Crippen LogP contribution is 1.96. The first-order chi connectivity index (χ1) is 7.99. The molecule has 0 saturated heterocycles. The maximum absolute atomic E-state index is 11.6. The van der Waals surface area contributed by atoms with Crippen LogP contribution in [0.15, 0.2) is 0 Å². The number of amides is 1. The largest absolute Gasteiger partial charge is 0.352 e. The number of hydrogen-bond donors (Lipinski definition) is 2. The van der Waals surface area contributed by atoms with Gasteiger partial charge >= 0.3 is 0 Å². The molecule has 1 atom stereocenters. The molecule has 0 aliphatic rings. The van der Waals surface area contributed by atoms with Crippen LogP contribution in [-0.4, -0.2) is 50.1 Å². The second-order valence-electron chi connectivity index (χ2n) is 4.95. The monoisotopic (exact) mass is 243 g/mol. The van der Waals surface area contributed by atoms with Crippen LogP contribution in [0.2, 0.25) is 0 Å². The molecule has 4 heteroatoms. The highest BCUT2D eigenvalue weighted by Gasteiger charge is 2.09. The minimum absolute atomic E-state index is 0.107. The van der Waals surface area contributed by atoms with Crippen LogP contribution in [0.3, 0.4) is 0 Å².